The van der Waals surface area contributed by atoms with E-state index < -0.39 is 0 Å². The van der Waals surface area contributed by atoms with Gasteiger partial charge in [0.25, 0.3) is 5.91 Å². The highest BCUT2D eigenvalue weighted by molar-refractivity contribution is 7.14. The fourth-order valence-corrected chi connectivity index (χ4v) is 6.37. The van der Waals surface area contributed by atoms with E-state index in [4.69, 9.17) is 4.74 Å². The summed E-state index contributed by atoms with van der Waals surface area (Å²) in [7, 11) is 0. The summed E-state index contributed by atoms with van der Waals surface area (Å²) in [5.74, 6) is 0.862. The summed E-state index contributed by atoms with van der Waals surface area (Å²) < 4.78 is 6.27. The second-order valence-corrected chi connectivity index (χ2v) is 9.12. The van der Waals surface area contributed by atoms with Gasteiger partial charge < -0.3 is 20.3 Å². The number of piperidine rings is 2. The summed E-state index contributed by atoms with van der Waals surface area (Å²) >= 11 is 1.71. The van der Waals surface area contributed by atoms with Crippen molar-refractivity contribution in [1.82, 2.24) is 15.5 Å². The molecule has 0 saturated carbocycles. The van der Waals surface area contributed by atoms with E-state index in [0.29, 0.717) is 12.0 Å². The van der Waals surface area contributed by atoms with E-state index in [1.54, 1.807) is 11.3 Å². The molecular formula is C19H27N3O2S. The third-order valence-electron chi connectivity index (χ3n) is 6.42. The predicted molar refractivity (Wildman–Crippen MR) is 98.2 cm³/mol. The van der Waals surface area contributed by atoms with Crippen LogP contribution in [-0.2, 0) is 16.8 Å². The number of thiophene rings is 1. The largest absolute Gasteiger partial charge is 0.369 e. The first-order chi connectivity index (χ1) is 12.2. The molecule has 2 atom stereocenters. The minimum atomic E-state index is -0.137. The van der Waals surface area contributed by atoms with Crippen molar-refractivity contribution < 1.29 is 9.53 Å². The van der Waals surface area contributed by atoms with Gasteiger partial charge in [0, 0.05) is 24.0 Å². The van der Waals surface area contributed by atoms with Gasteiger partial charge in [-0.1, -0.05) is 0 Å². The highest BCUT2D eigenvalue weighted by Gasteiger charge is 2.41. The van der Waals surface area contributed by atoms with Gasteiger partial charge in [0.05, 0.1) is 11.5 Å². The standard InChI is InChI=1S/C19H27N3O2S/c23-18(22-11-13-1-2-15(12-22)21-10-13)16-9-14-3-8-24-19(17(14)25-16)4-6-20-7-5-19/h9,13,15,20-21H,1-8,10-12H2/t13-,15-/m0/s1. The van der Waals surface area contributed by atoms with E-state index in [0.717, 1.165) is 63.5 Å². The fourth-order valence-electron chi connectivity index (χ4n) is 4.99. The molecule has 1 spiro atoms. The molecular weight excluding hydrogens is 334 g/mol. The molecule has 6 rings (SSSR count). The predicted octanol–water partition coefficient (Wildman–Crippen LogP) is 1.72. The van der Waals surface area contributed by atoms with Crippen LogP contribution in [0.2, 0.25) is 0 Å². The van der Waals surface area contributed by atoms with Crippen LogP contribution in [0.4, 0.5) is 0 Å². The molecule has 1 amide bonds. The molecule has 0 aromatic carbocycles. The molecule has 4 saturated heterocycles. The van der Waals surface area contributed by atoms with Gasteiger partial charge >= 0.3 is 0 Å². The van der Waals surface area contributed by atoms with Crippen LogP contribution in [0, 0.1) is 5.92 Å². The molecule has 1 aromatic heterocycles. The van der Waals surface area contributed by atoms with Crippen LogP contribution in [0.15, 0.2) is 6.07 Å². The first kappa shape index (κ1) is 16.2. The number of nitrogens with one attached hydrogen (secondary N) is 2. The van der Waals surface area contributed by atoms with E-state index >= 15 is 0 Å². The lowest BCUT2D eigenvalue weighted by Crippen LogP contribution is -2.44. The van der Waals surface area contributed by atoms with E-state index in [9.17, 15) is 4.79 Å². The Balaban J connectivity index is 1.42. The van der Waals surface area contributed by atoms with Crippen molar-refractivity contribution in [2.45, 2.75) is 43.7 Å². The Morgan fingerprint density at radius 2 is 2.16 bits per heavy atom. The normalized spacial score (nSPS) is 31.0. The van der Waals surface area contributed by atoms with Gasteiger partial charge in [-0.05, 0) is 69.3 Å². The Labute approximate surface area is 153 Å². The molecule has 0 aliphatic carbocycles. The molecule has 5 aliphatic rings. The Kier molecular flexibility index (Phi) is 4.12. The topological polar surface area (TPSA) is 53.6 Å². The average Bonchev–Trinajstić information content (AvgIpc) is 2.86. The van der Waals surface area contributed by atoms with Crippen LogP contribution < -0.4 is 10.6 Å². The Morgan fingerprint density at radius 3 is 2.96 bits per heavy atom. The monoisotopic (exact) mass is 361 g/mol. The Morgan fingerprint density at radius 1 is 1.28 bits per heavy atom. The Bertz CT molecular complexity index is 646. The van der Waals surface area contributed by atoms with E-state index in [1.165, 1.54) is 23.3 Å². The molecule has 0 unspecified atom stereocenters. The molecule has 2 bridgehead atoms. The number of fused-ring (bicyclic) bond motifs is 6. The first-order valence-corrected chi connectivity index (χ1v) is 10.6. The van der Waals surface area contributed by atoms with Crippen LogP contribution >= 0.6 is 11.3 Å². The zero-order valence-corrected chi connectivity index (χ0v) is 15.5. The lowest BCUT2D eigenvalue weighted by Gasteiger charge is -2.40. The summed E-state index contributed by atoms with van der Waals surface area (Å²) in [5, 5.41) is 7.03. The van der Waals surface area contributed by atoms with Gasteiger partial charge in [-0.25, -0.2) is 0 Å². The highest BCUT2D eigenvalue weighted by Crippen LogP contribution is 2.44. The molecule has 2 N–H and O–H groups in total. The zero-order chi connectivity index (χ0) is 16.9. The smallest absolute Gasteiger partial charge is 0.264 e. The van der Waals surface area contributed by atoms with Gasteiger partial charge in [0.2, 0.25) is 0 Å². The number of hydrogen-bond acceptors (Lipinski definition) is 5. The first-order valence-electron chi connectivity index (χ1n) is 9.74. The molecule has 1 aromatic rings. The SMILES string of the molecule is O=C(c1cc2c(s1)C1(CCNCC1)OCC2)N1C[C@H]2CC[C@@H](C1)NC2. The van der Waals surface area contributed by atoms with Crippen molar-refractivity contribution in [2.24, 2.45) is 5.92 Å². The van der Waals surface area contributed by atoms with Crippen LogP contribution in [0.3, 0.4) is 0 Å². The summed E-state index contributed by atoms with van der Waals surface area (Å²) in [6, 6.07) is 2.66. The second kappa shape index (κ2) is 6.34. The number of rotatable bonds is 1. The molecule has 136 valence electrons. The van der Waals surface area contributed by atoms with Crippen molar-refractivity contribution in [3.05, 3.63) is 21.4 Å². The number of amides is 1. The van der Waals surface area contributed by atoms with Gasteiger partial charge in [-0.3, -0.25) is 4.79 Å². The molecule has 6 heterocycles. The number of hydrogen-bond donors (Lipinski definition) is 2. The fraction of sp³-hybridized carbons (Fsp3) is 0.737. The van der Waals surface area contributed by atoms with Crippen LogP contribution in [0.25, 0.3) is 0 Å². The van der Waals surface area contributed by atoms with Crippen molar-refractivity contribution in [3.8, 4) is 0 Å². The molecule has 4 fully saturated rings. The maximum Gasteiger partial charge on any atom is 0.264 e. The number of ether oxygens (including phenoxy) is 1. The highest BCUT2D eigenvalue weighted by atomic mass is 32.1. The number of carbonyl (C=O) groups excluding carboxylic acids is 1. The van der Waals surface area contributed by atoms with E-state index in [2.05, 4.69) is 21.6 Å². The van der Waals surface area contributed by atoms with Crippen molar-refractivity contribution in [1.29, 1.82) is 0 Å². The minimum absolute atomic E-state index is 0.137. The van der Waals surface area contributed by atoms with Crippen molar-refractivity contribution in [2.75, 3.05) is 39.3 Å². The van der Waals surface area contributed by atoms with Gasteiger partial charge in [-0.2, -0.15) is 0 Å². The lowest BCUT2D eigenvalue weighted by molar-refractivity contribution is -0.0771. The number of carbonyl (C=O) groups is 1. The maximum atomic E-state index is 13.2. The third kappa shape index (κ3) is 2.83. The molecule has 6 heteroatoms. The summed E-state index contributed by atoms with van der Waals surface area (Å²) in [6.07, 6.45) is 5.45. The maximum absolute atomic E-state index is 13.2. The minimum Gasteiger partial charge on any atom is -0.369 e. The molecule has 5 aliphatic heterocycles. The zero-order valence-electron chi connectivity index (χ0n) is 14.7. The van der Waals surface area contributed by atoms with E-state index in [1.807, 2.05) is 0 Å². The van der Waals surface area contributed by atoms with E-state index in [-0.39, 0.29) is 11.5 Å². The number of nitrogens with zero attached hydrogens (tertiary/aromatic N) is 1. The molecule has 5 nitrogen and oxygen atoms in total. The quantitative estimate of drug-likeness (QED) is 0.800. The third-order valence-corrected chi connectivity index (χ3v) is 7.77. The summed E-state index contributed by atoms with van der Waals surface area (Å²) in [4.78, 5) is 17.6. The molecule has 0 radical (unpaired) electrons. The van der Waals surface area contributed by atoms with Gasteiger partial charge in [0.1, 0.15) is 5.60 Å². The van der Waals surface area contributed by atoms with Crippen LogP contribution in [0.1, 0.15) is 45.8 Å². The van der Waals surface area contributed by atoms with Gasteiger partial charge in [-0.15, -0.1) is 11.3 Å². The second-order valence-electron chi connectivity index (χ2n) is 8.07. The summed E-state index contributed by atoms with van der Waals surface area (Å²) in [5.41, 5.74) is 1.22. The van der Waals surface area contributed by atoms with Crippen LogP contribution in [-0.4, -0.2) is 56.2 Å². The molecule has 25 heavy (non-hydrogen) atoms. The lowest BCUT2D eigenvalue weighted by atomic mass is 9.86. The van der Waals surface area contributed by atoms with Gasteiger partial charge in [0.15, 0.2) is 0 Å². The van der Waals surface area contributed by atoms with Crippen molar-refractivity contribution in [3.63, 3.8) is 0 Å². The van der Waals surface area contributed by atoms with Crippen LogP contribution in [0.5, 0.6) is 0 Å². The van der Waals surface area contributed by atoms with Crippen molar-refractivity contribution >= 4 is 17.2 Å². The summed E-state index contributed by atoms with van der Waals surface area (Å²) in [6.45, 7) is 5.64. The average molecular weight is 362 g/mol. The Hall–Kier alpha value is -0.950.